The van der Waals surface area contributed by atoms with Gasteiger partial charge in [-0.2, -0.15) is 0 Å². The molecule has 0 fully saturated rings. The number of aromatic nitrogens is 1. The Bertz CT molecular complexity index is 946. The van der Waals surface area contributed by atoms with Crippen molar-refractivity contribution in [2.45, 2.75) is 39.3 Å². The van der Waals surface area contributed by atoms with Crippen molar-refractivity contribution in [1.82, 2.24) is 10.1 Å². The van der Waals surface area contributed by atoms with Crippen molar-refractivity contribution in [1.29, 1.82) is 0 Å². The molecule has 138 valence electrons. The van der Waals surface area contributed by atoms with Gasteiger partial charge in [0.15, 0.2) is 5.82 Å². The zero-order chi connectivity index (χ0) is 18.8. The van der Waals surface area contributed by atoms with Gasteiger partial charge in [0, 0.05) is 12.6 Å². The number of carbonyl (C=O) groups excluding carboxylic acids is 1. The van der Waals surface area contributed by atoms with Crippen LogP contribution in [0.3, 0.4) is 0 Å². The zero-order valence-corrected chi connectivity index (χ0v) is 15.6. The van der Waals surface area contributed by atoms with Gasteiger partial charge in [-0.05, 0) is 43.4 Å². The van der Waals surface area contributed by atoms with Crippen LogP contribution in [0.4, 0.5) is 10.6 Å². The fourth-order valence-electron chi connectivity index (χ4n) is 3.68. The normalized spacial score (nSPS) is 15.4. The van der Waals surface area contributed by atoms with E-state index in [1.165, 1.54) is 16.7 Å². The summed E-state index contributed by atoms with van der Waals surface area (Å²) in [4.78, 5) is 15.0. The lowest BCUT2D eigenvalue weighted by atomic mass is 10.1. The monoisotopic (exact) mass is 361 g/mol. The van der Waals surface area contributed by atoms with Crippen LogP contribution in [0.1, 0.15) is 40.5 Å². The molecule has 4 rings (SSSR count). The lowest BCUT2D eigenvalue weighted by molar-refractivity contribution is 0.183. The number of rotatable bonds is 4. The number of hydrogen-bond acceptors (Lipinski definition) is 3. The molecule has 0 saturated carbocycles. The highest BCUT2D eigenvalue weighted by atomic mass is 16.5. The van der Waals surface area contributed by atoms with Crippen LogP contribution in [0.25, 0.3) is 0 Å². The first-order chi connectivity index (χ1) is 13.1. The van der Waals surface area contributed by atoms with E-state index in [-0.39, 0.29) is 12.1 Å². The molecule has 0 spiro atoms. The van der Waals surface area contributed by atoms with Crippen LogP contribution in [-0.4, -0.2) is 16.1 Å². The summed E-state index contributed by atoms with van der Waals surface area (Å²) in [6.07, 6.45) is 1.91. The Morgan fingerprint density at radius 2 is 1.96 bits per heavy atom. The molecule has 1 atom stereocenters. The van der Waals surface area contributed by atoms with Crippen LogP contribution in [0.2, 0.25) is 0 Å². The van der Waals surface area contributed by atoms with E-state index in [0.29, 0.717) is 18.1 Å². The molecular formula is C22H23N3O2. The molecule has 0 aliphatic heterocycles. The number of anilines is 1. The Morgan fingerprint density at radius 1 is 1.19 bits per heavy atom. The number of amides is 2. The third-order valence-corrected chi connectivity index (χ3v) is 5.07. The lowest BCUT2D eigenvalue weighted by Crippen LogP contribution is -2.37. The van der Waals surface area contributed by atoms with E-state index in [4.69, 9.17) is 4.52 Å². The quantitative estimate of drug-likeness (QED) is 0.710. The van der Waals surface area contributed by atoms with Gasteiger partial charge in [0.25, 0.3) is 0 Å². The Balaban J connectivity index is 1.62. The third-order valence-electron chi connectivity index (χ3n) is 5.07. The average Bonchev–Trinajstić information content (AvgIpc) is 3.27. The second-order valence-corrected chi connectivity index (χ2v) is 7.12. The van der Waals surface area contributed by atoms with Crippen LogP contribution >= 0.6 is 0 Å². The van der Waals surface area contributed by atoms with Crippen LogP contribution in [-0.2, 0) is 13.0 Å². The first-order valence-corrected chi connectivity index (χ1v) is 9.24. The van der Waals surface area contributed by atoms with E-state index in [2.05, 4.69) is 59.9 Å². The van der Waals surface area contributed by atoms with Gasteiger partial charge in [-0.15, -0.1) is 0 Å². The molecule has 3 aromatic rings. The largest absolute Gasteiger partial charge is 0.360 e. The van der Waals surface area contributed by atoms with Crippen LogP contribution < -0.4 is 5.32 Å². The van der Waals surface area contributed by atoms with E-state index in [1.54, 1.807) is 13.0 Å². The first kappa shape index (κ1) is 17.3. The van der Waals surface area contributed by atoms with Gasteiger partial charge in [0.2, 0.25) is 0 Å². The van der Waals surface area contributed by atoms with E-state index in [0.717, 1.165) is 18.4 Å². The number of benzene rings is 2. The predicted molar refractivity (Wildman–Crippen MR) is 104 cm³/mol. The molecule has 5 heteroatoms. The topological polar surface area (TPSA) is 58.4 Å². The fourth-order valence-corrected chi connectivity index (χ4v) is 3.68. The minimum absolute atomic E-state index is 0.0514. The second kappa shape index (κ2) is 7.27. The number of carbonyl (C=O) groups is 1. The summed E-state index contributed by atoms with van der Waals surface area (Å²) in [5, 5.41) is 6.78. The van der Waals surface area contributed by atoms with Crippen molar-refractivity contribution < 1.29 is 9.32 Å². The molecule has 1 N–H and O–H groups in total. The Labute approximate surface area is 159 Å². The Morgan fingerprint density at radius 3 is 2.70 bits per heavy atom. The molecule has 1 aromatic heterocycles. The van der Waals surface area contributed by atoms with Crippen molar-refractivity contribution in [2.24, 2.45) is 0 Å². The molecule has 0 bridgehead atoms. The minimum atomic E-state index is -0.162. The minimum Gasteiger partial charge on any atom is -0.360 e. The van der Waals surface area contributed by atoms with Crippen molar-refractivity contribution in [3.63, 3.8) is 0 Å². The van der Waals surface area contributed by atoms with Crippen LogP contribution in [0.15, 0.2) is 59.1 Å². The van der Waals surface area contributed by atoms with Crippen molar-refractivity contribution in [2.75, 3.05) is 5.32 Å². The number of nitrogens with zero attached hydrogens (tertiary/aromatic N) is 2. The SMILES string of the molecule is Cc1ccc(CN(C(=O)Nc2cc(C)on2)C2CCc3ccccc32)cc1. The smallest absolute Gasteiger partial charge is 0.323 e. The zero-order valence-electron chi connectivity index (χ0n) is 15.6. The molecule has 0 radical (unpaired) electrons. The summed E-state index contributed by atoms with van der Waals surface area (Å²) in [6, 6.07) is 18.3. The average molecular weight is 361 g/mol. The Hall–Kier alpha value is -3.08. The lowest BCUT2D eigenvalue weighted by Gasteiger charge is -2.30. The first-order valence-electron chi connectivity index (χ1n) is 9.24. The standard InChI is InChI=1S/C22H23N3O2/c1-15-7-9-17(10-8-15)14-25(22(26)23-21-13-16(2)27-24-21)20-12-11-18-5-3-4-6-19(18)20/h3-10,13,20H,11-12,14H2,1-2H3,(H,23,24,26). The maximum atomic E-state index is 13.1. The molecule has 2 aromatic carbocycles. The number of aryl methyl sites for hydroxylation is 3. The number of fused-ring (bicyclic) bond motifs is 1. The number of nitrogens with one attached hydrogen (secondary N) is 1. The Kier molecular flexibility index (Phi) is 4.67. The maximum Gasteiger partial charge on any atom is 0.323 e. The van der Waals surface area contributed by atoms with Gasteiger partial charge in [0.1, 0.15) is 5.76 Å². The van der Waals surface area contributed by atoms with Gasteiger partial charge in [0.05, 0.1) is 6.04 Å². The molecule has 1 aliphatic rings. The van der Waals surface area contributed by atoms with Gasteiger partial charge in [-0.1, -0.05) is 59.3 Å². The molecule has 0 saturated heterocycles. The summed E-state index contributed by atoms with van der Waals surface area (Å²) in [7, 11) is 0. The molecule has 5 nitrogen and oxygen atoms in total. The highest BCUT2D eigenvalue weighted by Crippen LogP contribution is 2.36. The maximum absolute atomic E-state index is 13.1. The predicted octanol–water partition coefficient (Wildman–Crippen LogP) is 5.01. The van der Waals surface area contributed by atoms with Gasteiger partial charge >= 0.3 is 6.03 Å². The van der Waals surface area contributed by atoms with Gasteiger partial charge < -0.3 is 9.42 Å². The van der Waals surface area contributed by atoms with Crippen LogP contribution in [0, 0.1) is 13.8 Å². The summed E-state index contributed by atoms with van der Waals surface area (Å²) < 4.78 is 5.08. The summed E-state index contributed by atoms with van der Waals surface area (Å²) in [5.74, 6) is 1.11. The van der Waals surface area contributed by atoms with E-state index in [1.807, 2.05) is 11.0 Å². The summed E-state index contributed by atoms with van der Waals surface area (Å²) >= 11 is 0. The number of urea groups is 1. The van der Waals surface area contributed by atoms with Gasteiger partial charge in [-0.25, -0.2) is 4.79 Å². The molecule has 1 unspecified atom stereocenters. The van der Waals surface area contributed by atoms with Crippen molar-refractivity contribution in [3.8, 4) is 0 Å². The molecule has 1 aliphatic carbocycles. The molecule has 1 heterocycles. The number of hydrogen-bond donors (Lipinski definition) is 1. The van der Waals surface area contributed by atoms with E-state index >= 15 is 0 Å². The van der Waals surface area contributed by atoms with Crippen molar-refractivity contribution in [3.05, 3.63) is 82.6 Å². The van der Waals surface area contributed by atoms with E-state index < -0.39 is 0 Å². The highest BCUT2D eigenvalue weighted by Gasteiger charge is 2.31. The van der Waals surface area contributed by atoms with E-state index in [9.17, 15) is 4.79 Å². The fraction of sp³-hybridized carbons (Fsp3) is 0.273. The summed E-state index contributed by atoms with van der Waals surface area (Å²) in [6.45, 7) is 4.41. The van der Waals surface area contributed by atoms with Crippen molar-refractivity contribution >= 4 is 11.8 Å². The van der Waals surface area contributed by atoms with Crippen LogP contribution in [0.5, 0.6) is 0 Å². The molecular weight excluding hydrogens is 338 g/mol. The van der Waals surface area contributed by atoms with Gasteiger partial charge in [-0.3, -0.25) is 5.32 Å². The second-order valence-electron chi connectivity index (χ2n) is 7.12. The third kappa shape index (κ3) is 3.72. The molecule has 2 amide bonds. The molecule has 27 heavy (non-hydrogen) atoms. The highest BCUT2D eigenvalue weighted by molar-refractivity contribution is 5.88. The summed E-state index contributed by atoms with van der Waals surface area (Å²) in [5.41, 5.74) is 4.87.